The van der Waals surface area contributed by atoms with Crippen molar-refractivity contribution in [1.82, 2.24) is 10.2 Å². The topological polar surface area (TPSA) is 15.3 Å². The summed E-state index contributed by atoms with van der Waals surface area (Å²) >= 11 is 1.94. The number of piperidine rings is 1. The summed E-state index contributed by atoms with van der Waals surface area (Å²) < 4.78 is 0. The van der Waals surface area contributed by atoms with Crippen molar-refractivity contribution in [3.63, 3.8) is 0 Å². The number of rotatable bonds is 5. The average Bonchev–Trinajstić information content (AvgIpc) is 3.19. The highest BCUT2D eigenvalue weighted by Crippen LogP contribution is 2.38. The summed E-state index contributed by atoms with van der Waals surface area (Å²) in [5.41, 5.74) is 0. The molecule has 0 bridgehead atoms. The fourth-order valence-corrected chi connectivity index (χ4v) is 5.04. The molecule has 2 unspecified atom stereocenters. The Balaban J connectivity index is 1.63. The Morgan fingerprint density at radius 2 is 1.86 bits per heavy atom. The van der Waals surface area contributed by atoms with Gasteiger partial charge in [-0.1, -0.05) is 18.9 Å². The minimum Gasteiger partial charge on any atom is -0.306 e. The van der Waals surface area contributed by atoms with Crippen molar-refractivity contribution < 1.29 is 0 Å². The van der Waals surface area contributed by atoms with Crippen LogP contribution in [-0.2, 0) is 0 Å². The molecule has 2 heterocycles. The van der Waals surface area contributed by atoms with Gasteiger partial charge in [-0.2, -0.15) is 0 Å². The van der Waals surface area contributed by atoms with Crippen molar-refractivity contribution in [3.05, 3.63) is 22.4 Å². The van der Waals surface area contributed by atoms with Crippen LogP contribution >= 0.6 is 11.3 Å². The standard InChI is InChI=1S/C18H30N2S/c1-14(15-9-11-20(2)12-10-15)19-18(16-6-3-4-7-16)17-8-5-13-21-17/h5,8,13-16,18-19H,3-4,6-7,9-12H2,1-2H3. The van der Waals surface area contributed by atoms with Crippen LogP contribution in [0.5, 0.6) is 0 Å². The number of hydrogen-bond acceptors (Lipinski definition) is 3. The van der Waals surface area contributed by atoms with Crippen LogP contribution in [0.25, 0.3) is 0 Å². The largest absolute Gasteiger partial charge is 0.306 e. The van der Waals surface area contributed by atoms with Gasteiger partial charge in [0.15, 0.2) is 0 Å². The molecule has 1 N–H and O–H groups in total. The number of nitrogens with one attached hydrogen (secondary N) is 1. The zero-order valence-corrected chi connectivity index (χ0v) is 14.4. The highest BCUT2D eigenvalue weighted by atomic mass is 32.1. The number of nitrogens with zero attached hydrogens (tertiary/aromatic N) is 1. The molecule has 1 aromatic heterocycles. The maximum atomic E-state index is 4.04. The summed E-state index contributed by atoms with van der Waals surface area (Å²) in [5.74, 6) is 1.71. The minimum atomic E-state index is 0.599. The van der Waals surface area contributed by atoms with Crippen molar-refractivity contribution in [2.45, 2.75) is 57.5 Å². The number of hydrogen-bond donors (Lipinski definition) is 1. The molecule has 1 aliphatic carbocycles. The fourth-order valence-electron chi connectivity index (χ4n) is 4.16. The van der Waals surface area contributed by atoms with Gasteiger partial charge in [-0.05, 0) is 76.0 Å². The minimum absolute atomic E-state index is 0.599. The van der Waals surface area contributed by atoms with Crippen molar-refractivity contribution in [3.8, 4) is 0 Å². The van der Waals surface area contributed by atoms with E-state index in [0.717, 1.165) is 11.8 Å². The van der Waals surface area contributed by atoms with Gasteiger partial charge in [-0.15, -0.1) is 11.3 Å². The highest BCUT2D eigenvalue weighted by Gasteiger charge is 2.30. The lowest BCUT2D eigenvalue weighted by Crippen LogP contribution is -2.43. The quantitative estimate of drug-likeness (QED) is 0.872. The molecule has 0 spiro atoms. The third-order valence-electron chi connectivity index (χ3n) is 5.63. The van der Waals surface area contributed by atoms with Gasteiger partial charge in [0.05, 0.1) is 0 Å². The first-order valence-electron chi connectivity index (χ1n) is 8.72. The predicted octanol–water partition coefficient (Wildman–Crippen LogP) is 4.30. The number of likely N-dealkylation sites (tertiary alicyclic amines) is 1. The molecule has 1 aliphatic heterocycles. The zero-order chi connectivity index (χ0) is 14.7. The first-order chi connectivity index (χ1) is 10.2. The summed E-state index contributed by atoms with van der Waals surface area (Å²) in [7, 11) is 2.25. The second-order valence-corrected chi connectivity index (χ2v) is 8.11. The lowest BCUT2D eigenvalue weighted by Gasteiger charge is -2.36. The first kappa shape index (κ1) is 15.5. The Hall–Kier alpha value is -0.380. The molecule has 1 saturated carbocycles. The van der Waals surface area contributed by atoms with E-state index in [9.17, 15) is 0 Å². The van der Waals surface area contributed by atoms with Gasteiger partial charge in [0.25, 0.3) is 0 Å². The number of thiophene rings is 1. The van der Waals surface area contributed by atoms with Gasteiger partial charge in [0.1, 0.15) is 0 Å². The molecule has 1 saturated heterocycles. The van der Waals surface area contributed by atoms with Gasteiger partial charge >= 0.3 is 0 Å². The van der Waals surface area contributed by atoms with Crippen molar-refractivity contribution >= 4 is 11.3 Å². The molecule has 0 amide bonds. The van der Waals surface area contributed by atoms with E-state index < -0.39 is 0 Å². The highest BCUT2D eigenvalue weighted by molar-refractivity contribution is 7.10. The monoisotopic (exact) mass is 306 g/mol. The SMILES string of the molecule is CC(NC(c1cccs1)C1CCCC1)C1CCN(C)CC1. The summed E-state index contributed by atoms with van der Waals surface area (Å²) in [6.45, 7) is 4.96. The van der Waals surface area contributed by atoms with Gasteiger partial charge in [0.2, 0.25) is 0 Å². The van der Waals surface area contributed by atoms with E-state index in [1.165, 1.54) is 51.6 Å². The molecule has 1 aromatic rings. The second kappa shape index (κ2) is 7.26. The third-order valence-corrected chi connectivity index (χ3v) is 6.59. The van der Waals surface area contributed by atoms with E-state index in [1.807, 2.05) is 11.3 Å². The van der Waals surface area contributed by atoms with E-state index >= 15 is 0 Å². The molecule has 0 radical (unpaired) electrons. The smallest absolute Gasteiger partial charge is 0.0445 e. The molecule has 2 fully saturated rings. The summed E-state index contributed by atoms with van der Waals surface area (Å²) in [6, 6.07) is 5.79. The van der Waals surface area contributed by atoms with Crippen molar-refractivity contribution in [2.75, 3.05) is 20.1 Å². The van der Waals surface area contributed by atoms with E-state index in [2.05, 4.69) is 41.7 Å². The van der Waals surface area contributed by atoms with Crippen LogP contribution in [0.2, 0.25) is 0 Å². The molecular formula is C18H30N2S. The maximum absolute atomic E-state index is 4.04. The van der Waals surface area contributed by atoms with Crippen molar-refractivity contribution in [1.29, 1.82) is 0 Å². The molecule has 118 valence electrons. The Morgan fingerprint density at radius 3 is 2.48 bits per heavy atom. The van der Waals surface area contributed by atoms with Crippen LogP contribution in [0.3, 0.4) is 0 Å². The Morgan fingerprint density at radius 1 is 1.14 bits per heavy atom. The molecule has 21 heavy (non-hydrogen) atoms. The van der Waals surface area contributed by atoms with E-state index in [1.54, 1.807) is 4.88 Å². The van der Waals surface area contributed by atoms with Crippen LogP contribution in [0.15, 0.2) is 17.5 Å². The lowest BCUT2D eigenvalue weighted by molar-refractivity contribution is 0.176. The lowest BCUT2D eigenvalue weighted by atomic mass is 9.88. The van der Waals surface area contributed by atoms with E-state index in [0.29, 0.717) is 12.1 Å². The van der Waals surface area contributed by atoms with E-state index in [4.69, 9.17) is 0 Å². The van der Waals surface area contributed by atoms with Crippen LogP contribution in [0, 0.1) is 11.8 Å². The third kappa shape index (κ3) is 3.88. The van der Waals surface area contributed by atoms with Gasteiger partial charge < -0.3 is 10.2 Å². The molecule has 2 nitrogen and oxygen atoms in total. The Labute approximate surface area is 133 Å². The van der Waals surface area contributed by atoms with Crippen LogP contribution in [0.4, 0.5) is 0 Å². The Bertz CT molecular complexity index is 403. The van der Waals surface area contributed by atoms with Crippen molar-refractivity contribution in [2.24, 2.45) is 11.8 Å². The molecule has 2 atom stereocenters. The predicted molar refractivity (Wildman–Crippen MR) is 91.8 cm³/mol. The maximum Gasteiger partial charge on any atom is 0.0445 e. The van der Waals surface area contributed by atoms with Crippen LogP contribution in [0.1, 0.15) is 56.4 Å². The van der Waals surface area contributed by atoms with E-state index in [-0.39, 0.29) is 0 Å². The Kier molecular flexibility index (Phi) is 5.36. The normalized spacial score (nSPS) is 25.2. The molecule has 0 aromatic carbocycles. The summed E-state index contributed by atoms with van der Waals surface area (Å²) in [5, 5.41) is 6.27. The fraction of sp³-hybridized carbons (Fsp3) is 0.778. The van der Waals surface area contributed by atoms with Gasteiger partial charge in [-0.3, -0.25) is 0 Å². The molecule has 3 rings (SSSR count). The van der Waals surface area contributed by atoms with Gasteiger partial charge in [-0.25, -0.2) is 0 Å². The first-order valence-corrected chi connectivity index (χ1v) is 9.60. The average molecular weight is 307 g/mol. The molecule has 3 heteroatoms. The second-order valence-electron chi connectivity index (χ2n) is 7.13. The van der Waals surface area contributed by atoms with Crippen LogP contribution < -0.4 is 5.32 Å². The summed E-state index contributed by atoms with van der Waals surface area (Å²) in [4.78, 5) is 4.03. The molecular weight excluding hydrogens is 276 g/mol. The zero-order valence-electron chi connectivity index (χ0n) is 13.6. The van der Waals surface area contributed by atoms with Crippen LogP contribution in [-0.4, -0.2) is 31.1 Å². The van der Waals surface area contributed by atoms with Gasteiger partial charge in [0, 0.05) is 17.0 Å². The molecule has 2 aliphatic rings. The summed E-state index contributed by atoms with van der Waals surface area (Å²) in [6.07, 6.45) is 8.39.